The third kappa shape index (κ3) is 3.58. The lowest BCUT2D eigenvalue weighted by Gasteiger charge is -2.38. The standard InChI is InChI=1S/C22H16Cl3NO/c23-17-8-5-15(6-9-17)21-18-4-2-1-3-14(18)11-12-26(21)22(27)16-7-10-19(24)20(25)13-16/h1-10,13,21H,11-12H2. The summed E-state index contributed by atoms with van der Waals surface area (Å²) < 4.78 is 0. The van der Waals surface area contributed by atoms with Gasteiger partial charge in [-0.25, -0.2) is 0 Å². The molecule has 5 heteroatoms. The number of fused-ring (bicyclic) bond motifs is 1. The van der Waals surface area contributed by atoms with E-state index >= 15 is 0 Å². The van der Waals surface area contributed by atoms with E-state index in [-0.39, 0.29) is 11.9 Å². The van der Waals surface area contributed by atoms with E-state index in [2.05, 4.69) is 12.1 Å². The summed E-state index contributed by atoms with van der Waals surface area (Å²) in [6.07, 6.45) is 0.813. The summed E-state index contributed by atoms with van der Waals surface area (Å²) in [6, 6.07) is 20.8. The van der Waals surface area contributed by atoms with Crippen molar-refractivity contribution in [2.45, 2.75) is 12.5 Å². The van der Waals surface area contributed by atoms with Crippen molar-refractivity contribution >= 4 is 40.7 Å². The Kier molecular flexibility index (Phi) is 5.14. The topological polar surface area (TPSA) is 20.3 Å². The van der Waals surface area contributed by atoms with Crippen LogP contribution < -0.4 is 0 Å². The van der Waals surface area contributed by atoms with Crippen LogP contribution in [0.15, 0.2) is 66.7 Å². The van der Waals surface area contributed by atoms with Crippen LogP contribution in [0.4, 0.5) is 0 Å². The van der Waals surface area contributed by atoms with Crippen molar-refractivity contribution in [2.24, 2.45) is 0 Å². The lowest BCUT2D eigenvalue weighted by Crippen LogP contribution is -2.40. The van der Waals surface area contributed by atoms with Crippen molar-refractivity contribution in [3.8, 4) is 0 Å². The molecule has 0 radical (unpaired) electrons. The van der Waals surface area contributed by atoms with Crippen LogP contribution in [0.5, 0.6) is 0 Å². The average Bonchev–Trinajstić information content (AvgIpc) is 2.69. The number of carbonyl (C=O) groups excluding carboxylic acids is 1. The predicted molar refractivity (Wildman–Crippen MR) is 111 cm³/mol. The SMILES string of the molecule is O=C(c1ccc(Cl)c(Cl)c1)N1CCc2ccccc2C1c1ccc(Cl)cc1. The van der Waals surface area contributed by atoms with E-state index in [1.807, 2.05) is 41.3 Å². The fraction of sp³-hybridized carbons (Fsp3) is 0.136. The fourth-order valence-corrected chi connectivity index (χ4v) is 4.01. The number of hydrogen-bond donors (Lipinski definition) is 0. The first-order valence-electron chi connectivity index (χ1n) is 8.64. The number of halogens is 3. The highest BCUT2D eigenvalue weighted by Crippen LogP contribution is 2.37. The minimum Gasteiger partial charge on any atom is -0.327 e. The highest BCUT2D eigenvalue weighted by molar-refractivity contribution is 6.42. The summed E-state index contributed by atoms with van der Waals surface area (Å²) in [5.41, 5.74) is 3.96. The number of hydrogen-bond acceptors (Lipinski definition) is 1. The molecular weight excluding hydrogens is 401 g/mol. The van der Waals surface area contributed by atoms with E-state index in [1.165, 1.54) is 5.56 Å². The quantitative estimate of drug-likeness (QED) is 0.471. The molecule has 136 valence electrons. The van der Waals surface area contributed by atoms with Gasteiger partial charge in [-0.1, -0.05) is 71.2 Å². The van der Waals surface area contributed by atoms with Crippen LogP contribution in [0.2, 0.25) is 15.1 Å². The van der Waals surface area contributed by atoms with Crippen molar-refractivity contribution in [3.05, 3.63) is 104 Å². The number of nitrogens with zero attached hydrogens (tertiary/aromatic N) is 1. The van der Waals surface area contributed by atoms with E-state index in [0.29, 0.717) is 27.2 Å². The van der Waals surface area contributed by atoms with Crippen molar-refractivity contribution in [3.63, 3.8) is 0 Å². The van der Waals surface area contributed by atoms with Crippen LogP contribution in [0.1, 0.15) is 33.1 Å². The summed E-state index contributed by atoms with van der Waals surface area (Å²) in [7, 11) is 0. The van der Waals surface area contributed by atoms with Crippen LogP contribution in [0.25, 0.3) is 0 Å². The Morgan fingerprint density at radius 1 is 0.889 bits per heavy atom. The first kappa shape index (κ1) is 18.4. The minimum atomic E-state index is -0.172. The molecule has 1 atom stereocenters. The molecule has 1 unspecified atom stereocenters. The first-order valence-corrected chi connectivity index (χ1v) is 9.77. The highest BCUT2D eigenvalue weighted by Gasteiger charge is 2.32. The molecule has 27 heavy (non-hydrogen) atoms. The van der Waals surface area contributed by atoms with Gasteiger partial charge in [-0.3, -0.25) is 4.79 Å². The largest absolute Gasteiger partial charge is 0.327 e. The summed E-state index contributed by atoms with van der Waals surface area (Å²) in [6.45, 7) is 0.628. The van der Waals surface area contributed by atoms with Crippen LogP contribution in [-0.4, -0.2) is 17.4 Å². The fourth-order valence-electron chi connectivity index (χ4n) is 3.58. The van der Waals surface area contributed by atoms with Gasteiger partial charge in [-0.15, -0.1) is 0 Å². The molecule has 3 aromatic carbocycles. The molecule has 0 aliphatic carbocycles. The van der Waals surface area contributed by atoms with Gasteiger partial charge in [0.05, 0.1) is 16.1 Å². The van der Waals surface area contributed by atoms with Crippen molar-refractivity contribution in [1.82, 2.24) is 4.90 Å². The molecule has 4 rings (SSSR count). The lowest BCUT2D eigenvalue weighted by molar-refractivity contribution is 0.0694. The average molecular weight is 417 g/mol. The summed E-state index contributed by atoms with van der Waals surface area (Å²) in [4.78, 5) is 15.2. The van der Waals surface area contributed by atoms with E-state index < -0.39 is 0 Å². The van der Waals surface area contributed by atoms with E-state index in [9.17, 15) is 4.79 Å². The van der Waals surface area contributed by atoms with Crippen LogP contribution in [0, 0.1) is 0 Å². The summed E-state index contributed by atoms with van der Waals surface area (Å²) in [5.74, 6) is -0.0666. The third-order valence-electron chi connectivity index (χ3n) is 4.90. The van der Waals surface area contributed by atoms with Gasteiger partial charge in [-0.05, 0) is 53.4 Å². The molecule has 0 N–H and O–H groups in total. The first-order chi connectivity index (χ1) is 13.0. The number of amides is 1. The van der Waals surface area contributed by atoms with Crippen LogP contribution >= 0.6 is 34.8 Å². The van der Waals surface area contributed by atoms with Gasteiger partial charge >= 0.3 is 0 Å². The lowest BCUT2D eigenvalue weighted by atomic mass is 9.87. The van der Waals surface area contributed by atoms with Gasteiger partial charge in [0, 0.05) is 17.1 Å². The van der Waals surface area contributed by atoms with Crippen molar-refractivity contribution in [1.29, 1.82) is 0 Å². The van der Waals surface area contributed by atoms with E-state index in [4.69, 9.17) is 34.8 Å². The molecule has 0 saturated carbocycles. The molecule has 0 saturated heterocycles. The summed E-state index contributed by atoms with van der Waals surface area (Å²) in [5, 5.41) is 1.49. The zero-order valence-corrected chi connectivity index (χ0v) is 16.6. The van der Waals surface area contributed by atoms with Crippen molar-refractivity contribution in [2.75, 3.05) is 6.54 Å². The normalized spacial score (nSPS) is 16.1. The Morgan fingerprint density at radius 2 is 1.63 bits per heavy atom. The maximum atomic E-state index is 13.3. The number of carbonyl (C=O) groups is 1. The van der Waals surface area contributed by atoms with Gasteiger partial charge in [-0.2, -0.15) is 0 Å². The maximum absolute atomic E-state index is 13.3. The minimum absolute atomic E-state index is 0.0666. The second-order valence-electron chi connectivity index (χ2n) is 6.53. The highest BCUT2D eigenvalue weighted by atomic mass is 35.5. The molecule has 1 amide bonds. The number of benzene rings is 3. The van der Waals surface area contributed by atoms with Gasteiger partial charge in [0.15, 0.2) is 0 Å². The Hall–Kier alpha value is -2.00. The molecule has 1 aliphatic rings. The zero-order chi connectivity index (χ0) is 19.0. The molecular formula is C22H16Cl3NO. The molecule has 1 aliphatic heterocycles. The second kappa shape index (κ2) is 7.55. The zero-order valence-electron chi connectivity index (χ0n) is 14.3. The van der Waals surface area contributed by atoms with Crippen LogP contribution in [-0.2, 0) is 6.42 Å². The molecule has 1 heterocycles. The van der Waals surface area contributed by atoms with Crippen LogP contribution in [0.3, 0.4) is 0 Å². The monoisotopic (exact) mass is 415 g/mol. The van der Waals surface area contributed by atoms with Gasteiger partial charge in [0.1, 0.15) is 0 Å². The Morgan fingerprint density at radius 3 is 2.37 bits per heavy atom. The molecule has 0 spiro atoms. The van der Waals surface area contributed by atoms with Gasteiger partial charge in [0.2, 0.25) is 0 Å². The Bertz CT molecular complexity index is 1000. The molecule has 0 fully saturated rings. The molecule has 3 aromatic rings. The molecule has 0 bridgehead atoms. The van der Waals surface area contributed by atoms with E-state index in [1.54, 1.807) is 18.2 Å². The Balaban J connectivity index is 1.79. The summed E-state index contributed by atoms with van der Waals surface area (Å²) >= 11 is 18.2. The Labute approximate surface area is 173 Å². The maximum Gasteiger partial charge on any atom is 0.254 e. The predicted octanol–water partition coefficient (Wildman–Crippen LogP) is 6.43. The third-order valence-corrected chi connectivity index (χ3v) is 5.89. The molecule has 0 aromatic heterocycles. The molecule has 2 nitrogen and oxygen atoms in total. The van der Waals surface area contributed by atoms with Crippen molar-refractivity contribution < 1.29 is 4.79 Å². The second-order valence-corrected chi connectivity index (χ2v) is 7.78. The van der Waals surface area contributed by atoms with E-state index in [0.717, 1.165) is 17.5 Å². The smallest absolute Gasteiger partial charge is 0.254 e. The van der Waals surface area contributed by atoms with Gasteiger partial charge < -0.3 is 4.90 Å². The number of rotatable bonds is 2. The van der Waals surface area contributed by atoms with Gasteiger partial charge in [0.25, 0.3) is 5.91 Å².